The van der Waals surface area contributed by atoms with Crippen molar-refractivity contribution in [2.75, 3.05) is 7.11 Å². The smallest absolute Gasteiger partial charge is 0.258 e. The topological polar surface area (TPSA) is 43.6 Å². The zero-order valence-electron chi connectivity index (χ0n) is 10.7. The van der Waals surface area contributed by atoms with Crippen LogP contribution >= 0.6 is 11.6 Å². The molecule has 100 valence electrons. The molecule has 0 spiro atoms. The van der Waals surface area contributed by atoms with E-state index in [1.54, 1.807) is 31.5 Å². The van der Waals surface area contributed by atoms with Gasteiger partial charge in [0.25, 0.3) is 5.56 Å². The predicted molar refractivity (Wildman–Crippen MR) is 78.5 cm³/mol. The molecule has 3 aromatic rings. The number of aromatic nitrogens is 2. The van der Waals surface area contributed by atoms with E-state index in [0.717, 1.165) is 5.56 Å². The molecule has 3 rings (SSSR count). The largest absolute Gasteiger partial charge is 0.497 e. The molecule has 20 heavy (non-hydrogen) atoms. The fourth-order valence-electron chi connectivity index (χ4n) is 2.02. The second-order valence-electron chi connectivity index (χ2n) is 4.25. The van der Waals surface area contributed by atoms with Crippen LogP contribution in [0.25, 0.3) is 16.9 Å². The van der Waals surface area contributed by atoms with Crippen molar-refractivity contribution in [1.82, 2.24) is 9.38 Å². The average molecular weight is 287 g/mol. The lowest BCUT2D eigenvalue weighted by atomic mass is 10.1. The number of hydrogen-bond acceptors (Lipinski definition) is 3. The van der Waals surface area contributed by atoms with Gasteiger partial charge in [-0.1, -0.05) is 29.8 Å². The molecular weight excluding hydrogens is 276 g/mol. The number of halogens is 1. The fourth-order valence-corrected chi connectivity index (χ4v) is 2.25. The Morgan fingerprint density at radius 1 is 1.20 bits per heavy atom. The maximum Gasteiger partial charge on any atom is 0.258 e. The maximum atomic E-state index is 12.1. The molecule has 0 saturated heterocycles. The van der Waals surface area contributed by atoms with Gasteiger partial charge in [-0.15, -0.1) is 0 Å². The maximum absolute atomic E-state index is 12.1. The molecule has 0 bridgehead atoms. The van der Waals surface area contributed by atoms with Crippen LogP contribution in [0.4, 0.5) is 0 Å². The third-order valence-corrected chi connectivity index (χ3v) is 3.35. The van der Waals surface area contributed by atoms with Crippen LogP contribution in [-0.2, 0) is 0 Å². The Labute approximate surface area is 120 Å². The van der Waals surface area contributed by atoms with E-state index in [1.165, 1.54) is 10.5 Å². The molecule has 0 unspecified atom stereocenters. The summed E-state index contributed by atoms with van der Waals surface area (Å²) in [4.78, 5) is 16.6. The molecule has 2 aromatic heterocycles. The molecule has 4 nitrogen and oxygen atoms in total. The Hall–Kier alpha value is -2.33. The lowest BCUT2D eigenvalue weighted by Gasteiger charge is -2.07. The van der Waals surface area contributed by atoms with E-state index >= 15 is 0 Å². The van der Waals surface area contributed by atoms with Gasteiger partial charge in [-0.3, -0.25) is 9.20 Å². The summed E-state index contributed by atoms with van der Waals surface area (Å²) in [5.41, 5.74) is 1.64. The molecule has 0 aliphatic heterocycles. The highest BCUT2D eigenvalue weighted by Crippen LogP contribution is 2.25. The van der Waals surface area contributed by atoms with Crippen LogP contribution in [0.5, 0.6) is 5.75 Å². The molecule has 1 aromatic carbocycles. The highest BCUT2D eigenvalue weighted by atomic mass is 35.5. The summed E-state index contributed by atoms with van der Waals surface area (Å²) in [6.45, 7) is 0. The highest BCUT2D eigenvalue weighted by molar-refractivity contribution is 6.33. The third kappa shape index (κ3) is 2.14. The van der Waals surface area contributed by atoms with Crippen molar-refractivity contribution in [2.45, 2.75) is 0 Å². The summed E-state index contributed by atoms with van der Waals surface area (Å²) in [5, 5.41) is 0.562. The number of fused-ring (bicyclic) bond motifs is 1. The molecule has 0 atom stereocenters. The van der Waals surface area contributed by atoms with Gasteiger partial charge in [0.15, 0.2) is 0 Å². The van der Waals surface area contributed by atoms with Gasteiger partial charge in [0.1, 0.15) is 11.4 Å². The van der Waals surface area contributed by atoms with Gasteiger partial charge in [-0.25, -0.2) is 4.98 Å². The Kier molecular flexibility index (Phi) is 3.16. The van der Waals surface area contributed by atoms with E-state index in [4.69, 9.17) is 16.3 Å². The number of methoxy groups -OCH3 is 1. The SMILES string of the molecule is COc1ccn2c(=O)cc(-c3ccccc3Cl)nc2c1. The lowest BCUT2D eigenvalue weighted by molar-refractivity contribution is 0.414. The minimum absolute atomic E-state index is 0.160. The van der Waals surface area contributed by atoms with Gasteiger partial charge >= 0.3 is 0 Å². The standard InChI is InChI=1S/C15H11ClN2O2/c1-20-10-6-7-18-14(8-10)17-13(9-15(18)19)11-4-2-3-5-12(11)16/h2-9H,1H3. The van der Waals surface area contributed by atoms with Gasteiger partial charge in [-0.05, 0) is 12.1 Å². The van der Waals surface area contributed by atoms with Crippen LogP contribution < -0.4 is 10.3 Å². The van der Waals surface area contributed by atoms with E-state index < -0.39 is 0 Å². The van der Waals surface area contributed by atoms with Gasteiger partial charge in [0.2, 0.25) is 0 Å². The Balaban J connectivity index is 2.28. The number of hydrogen-bond donors (Lipinski definition) is 0. The third-order valence-electron chi connectivity index (χ3n) is 3.02. The van der Waals surface area contributed by atoms with Crippen molar-refractivity contribution in [3.05, 3.63) is 64.0 Å². The molecule has 0 aliphatic rings. The first-order chi connectivity index (χ1) is 9.69. The van der Waals surface area contributed by atoms with Crippen molar-refractivity contribution in [1.29, 1.82) is 0 Å². The van der Waals surface area contributed by atoms with Crippen molar-refractivity contribution < 1.29 is 4.74 Å². The molecule has 0 saturated carbocycles. The van der Waals surface area contributed by atoms with E-state index in [1.807, 2.05) is 18.2 Å². The second-order valence-corrected chi connectivity index (χ2v) is 4.66. The molecule has 2 heterocycles. The number of rotatable bonds is 2. The van der Waals surface area contributed by atoms with Crippen molar-refractivity contribution in [3.8, 4) is 17.0 Å². The van der Waals surface area contributed by atoms with E-state index in [-0.39, 0.29) is 5.56 Å². The molecule has 0 N–H and O–H groups in total. The summed E-state index contributed by atoms with van der Waals surface area (Å²) in [7, 11) is 1.57. The second kappa shape index (κ2) is 4.98. The number of nitrogens with zero attached hydrogens (tertiary/aromatic N) is 2. The van der Waals surface area contributed by atoms with Crippen LogP contribution in [-0.4, -0.2) is 16.5 Å². The van der Waals surface area contributed by atoms with Crippen molar-refractivity contribution in [3.63, 3.8) is 0 Å². The number of benzene rings is 1. The first-order valence-electron chi connectivity index (χ1n) is 6.01. The highest BCUT2D eigenvalue weighted by Gasteiger charge is 2.08. The minimum Gasteiger partial charge on any atom is -0.497 e. The number of pyridine rings is 1. The molecule has 0 amide bonds. The summed E-state index contributed by atoms with van der Waals surface area (Å²) < 4.78 is 6.61. The Morgan fingerprint density at radius 3 is 2.75 bits per heavy atom. The fraction of sp³-hybridized carbons (Fsp3) is 0.0667. The molecule has 0 radical (unpaired) electrons. The zero-order valence-corrected chi connectivity index (χ0v) is 11.5. The van der Waals surface area contributed by atoms with E-state index in [9.17, 15) is 4.79 Å². The monoisotopic (exact) mass is 286 g/mol. The first kappa shape index (κ1) is 12.7. The lowest BCUT2D eigenvalue weighted by Crippen LogP contribution is -2.14. The summed E-state index contributed by atoms with van der Waals surface area (Å²) in [5.74, 6) is 0.646. The van der Waals surface area contributed by atoms with Crippen molar-refractivity contribution in [2.24, 2.45) is 0 Å². The van der Waals surface area contributed by atoms with Gasteiger partial charge in [0, 0.05) is 28.9 Å². The molecule has 5 heteroatoms. The minimum atomic E-state index is -0.160. The Morgan fingerprint density at radius 2 is 2.00 bits per heavy atom. The van der Waals surface area contributed by atoms with Gasteiger partial charge in [0.05, 0.1) is 12.8 Å². The van der Waals surface area contributed by atoms with Gasteiger partial charge in [-0.2, -0.15) is 0 Å². The van der Waals surface area contributed by atoms with Crippen LogP contribution in [0, 0.1) is 0 Å². The van der Waals surface area contributed by atoms with E-state index in [0.29, 0.717) is 22.1 Å². The molecule has 0 aliphatic carbocycles. The van der Waals surface area contributed by atoms with Crippen LogP contribution in [0.3, 0.4) is 0 Å². The summed E-state index contributed by atoms with van der Waals surface area (Å²) in [6, 6.07) is 12.2. The van der Waals surface area contributed by atoms with E-state index in [2.05, 4.69) is 4.98 Å². The number of ether oxygens (including phenoxy) is 1. The molecule has 0 fully saturated rings. The van der Waals surface area contributed by atoms with Gasteiger partial charge < -0.3 is 4.74 Å². The normalized spacial score (nSPS) is 10.7. The van der Waals surface area contributed by atoms with Crippen LogP contribution in [0.1, 0.15) is 0 Å². The predicted octanol–water partition coefficient (Wildman–Crippen LogP) is 3.02. The van der Waals surface area contributed by atoms with Crippen molar-refractivity contribution >= 4 is 17.2 Å². The summed E-state index contributed by atoms with van der Waals surface area (Å²) in [6.07, 6.45) is 1.64. The van der Waals surface area contributed by atoms with Crippen LogP contribution in [0.2, 0.25) is 5.02 Å². The molecular formula is C15H11ClN2O2. The quantitative estimate of drug-likeness (QED) is 0.727. The zero-order chi connectivity index (χ0) is 14.1. The first-order valence-corrected chi connectivity index (χ1v) is 6.39. The summed E-state index contributed by atoms with van der Waals surface area (Å²) >= 11 is 6.15. The average Bonchev–Trinajstić information content (AvgIpc) is 2.47. The van der Waals surface area contributed by atoms with Crippen LogP contribution in [0.15, 0.2) is 53.5 Å². The Bertz CT molecular complexity index is 843.